The first-order valence-corrected chi connectivity index (χ1v) is 7.24. The van der Waals surface area contributed by atoms with Gasteiger partial charge in [0.05, 0.1) is 31.3 Å². The predicted octanol–water partition coefficient (Wildman–Crippen LogP) is 3.10. The van der Waals surface area contributed by atoms with Crippen molar-refractivity contribution < 1.29 is 19.2 Å². The molecule has 0 fully saturated rings. The summed E-state index contributed by atoms with van der Waals surface area (Å²) >= 11 is 0. The number of hydrogen-bond donors (Lipinski definition) is 1. The number of nitro groups is 1. The van der Waals surface area contributed by atoms with Crippen LogP contribution in [0.25, 0.3) is 0 Å². The summed E-state index contributed by atoms with van der Waals surface area (Å²) in [7, 11) is 2.77. The van der Waals surface area contributed by atoms with E-state index in [0.717, 1.165) is 5.56 Å². The summed E-state index contributed by atoms with van der Waals surface area (Å²) in [5.74, 6) is -0.114. The molecule has 0 aliphatic carbocycles. The predicted molar refractivity (Wildman–Crippen MR) is 88.5 cm³/mol. The van der Waals surface area contributed by atoms with Gasteiger partial charge < -0.3 is 14.8 Å². The number of benzene rings is 2. The first-order valence-electron chi connectivity index (χ1n) is 7.24. The van der Waals surface area contributed by atoms with Crippen LogP contribution in [0.3, 0.4) is 0 Å². The van der Waals surface area contributed by atoms with Gasteiger partial charge in [-0.15, -0.1) is 0 Å². The third kappa shape index (κ3) is 3.62. The van der Waals surface area contributed by atoms with E-state index in [2.05, 4.69) is 5.32 Å². The van der Waals surface area contributed by atoms with E-state index in [1.807, 2.05) is 30.3 Å². The van der Waals surface area contributed by atoms with Crippen LogP contribution >= 0.6 is 0 Å². The maximum atomic E-state index is 12.5. The quantitative estimate of drug-likeness (QED) is 0.649. The van der Waals surface area contributed by atoms with E-state index in [4.69, 9.17) is 9.47 Å². The SMILES string of the molecule is COc1cc(C(=O)NC(C)c2ccccc2)c([N+](=O)[O-])cc1OC. The molecule has 24 heavy (non-hydrogen) atoms. The number of methoxy groups -OCH3 is 2. The Morgan fingerprint density at radius 2 is 1.71 bits per heavy atom. The highest BCUT2D eigenvalue weighted by atomic mass is 16.6. The molecule has 0 aromatic heterocycles. The second kappa shape index (κ2) is 7.45. The summed E-state index contributed by atoms with van der Waals surface area (Å²) in [5.41, 5.74) is 0.472. The van der Waals surface area contributed by atoms with Gasteiger partial charge in [-0.3, -0.25) is 14.9 Å². The van der Waals surface area contributed by atoms with Crippen molar-refractivity contribution >= 4 is 11.6 Å². The zero-order valence-electron chi connectivity index (χ0n) is 13.6. The van der Waals surface area contributed by atoms with Crippen molar-refractivity contribution in [2.24, 2.45) is 0 Å². The molecule has 0 saturated heterocycles. The van der Waals surface area contributed by atoms with Crippen LogP contribution in [0.5, 0.6) is 11.5 Å². The monoisotopic (exact) mass is 330 g/mol. The van der Waals surface area contributed by atoms with Gasteiger partial charge in [0.25, 0.3) is 11.6 Å². The zero-order valence-corrected chi connectivity index (χ0v) is 13.6. The summed E-state index contributed by atoms with van der Waals surface area (Å²) in [6.45, 7) is 1.81. The van der Waals surface area contributed by atoms with Gasteiger partial charge in [0.15, 0.2) is 11.5 Å². The molecule has 2 aromatic carbocycles. The highest BCUT2D eigenvalue weighted by Gasteiger charge is 2.25. The molecule has 0 radical (unpaired) electrons. The number of ether oxygens (including phenoxy) is 2. The fourth-order valence-corrected chi connectivity index (χ4v) is 2.30. The molecule has 0 heterocycles. The minimum Gasteiger partial charge on any atom is -0.493 e. The molecule has 1 atom stereocenters. The zero-order chi connectivity index (χ0) is 17.7. The normalized spacial score (nSPS) is 11.5. The lowest BCUT2D eigenvalue weighted by atomic mass is 10.1. The number of hydrogen-bond acceptors (Lipinski definition) is 5. The molecule has 126 valence electrons. The standard InChI is InChI=1S/C17H18N2O5/c1-11(12-7-5-4-6-8-12)18-17(20)13-9-15(23-2)16(24-3)10-14(13)19(21)22/h4-11H,1-3H3,(H,18,20). The van der Waals surface area contributed by atoms with Crippen LogP contribution in [-0.2, 0) is 0 Å². The Hall–Kier alpha value is -3.09. The second-order valence-electron chi connectivity index (χ2n) is 5.09. The number of carbonyl (C=O) groups excluding carboxylic acids is 1. The lowest BCUT2D eigenvalue weighted by Gasteiger charge is -2.15. The minimum atomic E-state index is -0.621. The topological polar surface area (TPSA) is 90.7 Å². The van der Waals surface area contributed by atoms with E-state index in [9.17, 15) is 14.9 Å². The van der Waals surface area contributed by atoms with E-state index in [-0.39, 0.29) is 28.8 Å². The summed E-state index contributed by atoms with van der Waals surface area (Å²) in [4.78, 5) is 23.2. The van der Waals surface area contributed by atoms with Gasteiger partial charge in [0, 0.05) is 6.07 Å². The van der Waals surface area contributed by atoms with Crippen LogP contribution in [-0.4, -0.2) is 25.1 Å². The van der Waals surface area contributed by atoms with E-state index >= 15 is 0 Å². The van der Waals surface area contributed by atoms with Crippen LogP contribution in [0, 0.1) is 10.1 Å². The lowest BCUT2D eigenvalue weighted by Crippen LogP contribution is -2.27. The number of rotatable bonds is 6. The Bertz CT molecular complexity index is 746. The van der Waals surface area contributed by atoms with Gasteiger partial charge in [0.2, 0.25) is 0 Å². The number of carbonyl (C=O) groups is 1. The average molecular weight is 330 g/mol. The fourth-order valence-electron chi connectivity index (χ4n) is 2.30. The Kier molecular flexibility index (Phi) is 5.36. The van der Waals surface area contributed by atoms with Crippen LogP contribution < -0.4 is 14.8 Å². The molecule has 0 bridgehead atoms. The molecule has 0 aliphatic rings. The van der Waals surface area contributed by atoms with Crippen molar-refractivity contribution in [1.82, 2.24) is 5.32 Å². The van der Waals surface area contributed by atoms with Crippen molar-refractivity contribution in [1.29, 1.82) is 0 Å². The first kappa shape index (κ1) is 17.3. The molecule has 1 unspecified atom stereocenters. The van der Waals surface area contributed by atoms with E-state index in [1.54, 1.807) is 6.92 Å². The van der Waals surface area contributed by atoms with Gasteiger partial charge in [-0.2, -0.15) is 0 Å². The summed E-state index contributed by atoms with van der Waals surface area (Å²) in [6.07, 6.45) is 0. The van der Waals surface area contributed by atoms with Crippen LogP contribution in [0.2, 0.25) is 0 Å². The molecule has 2 aromatic rings. The Labute approximate surface area is 139 Å². The van der Waals surface area contributed by atoms with E-state index in [1.165, 1.54) is 26.4 Å². The largest absolute Gasteiger partial charge is 0.493 e. The Balaban J connectivity index is 2.35. The Morgan fingerprint density at radius 3 is 2.25 bits per heavy atom. The minimum absolute atomic E-state index is 0.0829. The summed E-state index contributed by atoms with van der Waals surface area (Å²) in [6, 6.07) is 11.5. The van der Waals surface area contributed by atoms with Crippen LogP contribution in [0.4, 0.5) is 5.69 Å². The molecule has 1 amide bonds. The summed E-state index contributed by atoms with van der Waals surface area (Å²) < 4.78 is 10.2. The molecule has 0 saturated carbocycles. The van der Waals surface area contributed by atoms with Gasteiger partial charge >= 0.3 is 0 Å². The number of nitro benzene ring substituents is 1. The Morgan fingerprint density at radius 1 is 1.12 bits per heavy atom. The molecule has 2 rings (SSSR count). The number of nitrogens with one attached hydrogen (secondary N) is 1. The highest BCUT2D eigenvalue weighted by molar-refractivity contribution is 5.99. The first-order chi connectivity index (χ1) is 11.5. The van der Waals surface area contributed by atoms with E-state index in [0.29, 0.717) is 0 Å². The fraction of sp³-hybridized carbons (Fsp3) is 0.235. The molecule has 1 N–H and O–H groups in total. The molecule has 7 nitrogen and oxygen atoms in total. The van der Waals surface area contributed by atoms with Gasteiger partial charge in [-0.25, -0.2) is 0 Å². The molecule has 0 aliphatic heterocycles. The smallest absolute Gasteiger partial charge is 0.286 e. The highest BCUT2D eigenvalue weighted by Crippen LogP contribution is 2.34. The maximum Gasteiger partial charge on any atom is 0.286 e. The lowest BCUT2D eigenvalue weighted by molar-refractivity contribution is -0.385. The van der Waals surface area contributed by atoms with Crippen molar-refractivity contribution in [3.05, 3.63) is 63.7 Å². The number of nitrogens with zero attached hydrogens (tertiary/aromatic N) is 1. The van der Waals surface area contributed by atoms with Gasteiger partial charge in [-0.1, -0.05) is 30.3 Å². The van der Waals surface area contributed by atoms with Gasteiger partial charge in [-0.05, 0) is 12.5 Å². The maximum absolute atomic E-state index is 12.5. The molecule has 0 spiro atoms. The van der Waals surface area contributed by atoms with Gasteiger partial charge in [0.1, 0.15) is 5.56 Å². The average Bonchev–Trinajstić information content (AvgIpc) is 2.60. The van der Waals surface area contributed by atoms with Crippen molar-refractivity contribution in [2.45, 2.75) is 13.0 Å². The molecular weight excluding hydrogens is 312 g/mol. The third-order valence-corrected chi connectivity index (χ3v) is 3.59. The second-order valence-corrected chi connectivity index (χ2v) is 5.09. The van der Waals surface area contributed by atoms with Crippen molar-refractivity contribution in [3.8, 4) is 11.5 Å². The van der Waals surface area contributed by atoms with E-state index < -0.39 is 10.8 Å². The van der Waals surface area contributed by atoms with Crippen molar-refractivity contribution in [2.75, 3.05) is 14.2 Å². The molecular formula is C17H18N2O5. The molecule has 7 heteroatoms. The third-order valence-electron chi connectivity index (χ3n) is 3.59. The van der Waals surface area contributed by atoms with Crippen LogP contribution in [0.1, 0.15) is 28.9 Å². The van der Waals surface area contributed by atoms with Crippen molar-refractivity contribution in [3.63, 3.8) is 0 Å². The summed E-state index contributed by atoms with van der Waals surface area (Å²) in [5, 5.41) is 14.0. The number of amides is 1. The van der Waals surface area contributed by atoms with Crippen LogP contribution in [0.15, 0.2) is 42.5 Å².